The topological polar surface area (TPSA) is 20.3 Å². The van der Waals surface area contributed by atoms with Crippen LogP contribution in [-0.4, -0.2) is 22.9 Å². The van der Waals surface area contributed by atoms with Crippen molar-refractivity contribution < 1.29 is 4.79 Å². The molecule has 86 valence electrons. The molecule has 0 aromatic rings. The molecule has 3 atom stereocenters. The van der Waals surface area contributed by atoms with E-state index in [1.165, 1.54) is 25.7 Å². The molecule has 0 bridgehead atoms. The largest absolute Gasteiger partial charge is 0.337 e. The van der Waals surface area contributed by atoms with Gasteiger partial charge in [-0.3, -0.25) is 4.79 Å². The molecular weight excluding hydrogens is 186 g/mol. The third-order valence-electron chi connectivity index (χ3n) is 3.97. The lowest BCUT2D eigenvalue weighted by Crippen LogP contribution is -2.40. The van der Waals surface area contributed by atoms with E-state index in [-0.39, 0.29) is 0 Å². The number of carbonyl (C=O) groups excluding carboxylic acids is 1. The maximum Gasteiger partial charge on any atom is 0.223 e. The van der Waals surface area contributed by atoms with Gasteiger partial charge in [0.2, 0.25) is 5.91 Å². The zero-order valence-corrected chi connectivity index (χ0v) is 10.2. The molecule has 1 amide bonds. The summed E-state index contributed by atoms with van der Waals surface area (Å²) in [7, 11) is 0. The van der Waals surface area contributed by atoms with Crippen molar-refractivity contribution in [3.8, 4) is 0 Å². The van der Waals surface area contributed by atoms with Crippen molar-refractivity contribution in [2.24, 2.45) is 11.8 Å². The summed E-state index contributed by atoms with van der Waals surface area (Å²) in [5.74, 6) is 1.70. The Bertz CT molecular complexity index is 249. The molecule has 2 aliphatic rings. The molecule has 2 fully saturated rings. The summed E-state index contributed by atoms with van der Waals surface area (Å²) >= 11 is 0. The highest BCUT2D eigenvalue weighted by atomic mass is 16.2. The van der Waals surface area contributed by atoms with Crippen LogP contribution < -0.4 is 0 Å². The van der Waals surface area contributed by atoms with E-state index >= 15 is 0 Å². The minimum absolute atomic E-state index is 0.395. The molecule has 1 aliphatic carbocycles. The molecule has 1 saturated heterocycles. The van der Waals surface area contributed by atoms with E-state index in [1.54, 1.807) is 0 Å². The number of rotatable bonds is 2. The Labute approximate surface area is 93.0 Å². The molecule has 0 radical (unpaired) electrons. The van der Waals surface area contributed by atoms with Gasteiger partial charge in [0, 0.05) is 18.5 Å². The standard InChI is InChI=1S/C13H23NO/c1-9(2)7-13(15)14-10(3)8-11-5-4-6-12(11)14/h9-12H,4-8H2,1-3H3. The van der Waals surface area contributed by atoms with Crippen molar-refractivity contribution in [1.82, 2.24) is 4.90 Å². The van der Waals surface area contributed by atoms with E-state index in [2.05, 4.69) is 25.7 Å². The van der Waals surface area contributed by atoms with Gasteiger partial charge in [-0.1, -0.05) is 20.3 Å². The van der Waals surface area contributed by atoms with Crippen molar-refractivity contribution in [3.63, 3.8) is 0 Å². The third kappa shape index (κ3) is 2.04. The molecule has 2 heteroatoms. The van der Waals surface area contributed by atoms with Gasteiger partial charge in [0.15, 0.2) is 0 Å². The maximum absolute atomic E-state index is 12.1. The molecule has 1 heterocycles. The van der Waals surface area contributed by atoms with Crippen LogP contribution in [-0.2, 0) is 4.79 Å². The van der Waals surface area contributed by atoms with Gasteiger partial charge in [-0.25, -0.2) is 0 Å². The summed E-state index contributed by atoms with van der Waals surface area (Å²) in [6.07, 6.45) is 5.90. The average Bonchev–Trinajstić information content (AvgIpc) is 2.60. The maximum atomic E-state index is 12.1. The third-order valence-corrected chi connectivity index (χ3v) is 3.97. The van der Waals surface area contributed by atoms with Gasteiger partial charge in [-0.2, -0.15) is 0 Å². The smallest absolute Gasteiger partial charge is 0.223 e. The zero-order chi connectivity index (χ0) is 11.0. The highest BCUT2D eigenvalue weighted by Gasteiger charge is 2.43. The fourth-order valence-corrected chi connectivity index (χ4v) is 3.42. The Morgan fingerprint density at radius 3 is 2.80 bits per heavy atom. The van der Waals surface area contributed by atoms with Crippen molar-refractivity contribution in [1.29, 1.82) is 0 Å². The first-order valence-electron chi connectivity index (χ1n) is 6.40. The molecular formula is C13H23NO. The highest BCUT2D eigenvalue weighted by Crippen LogP contribution is 2.41. The number of fused-ring (bicyclic) bond motifs is 1. The summed E-state index contributed by atoms with van der Waals surface area (Å²) in [4.78, 5) is 14.3. The van der Waals surface area contributed by atoms with Gasteiger partial charge >= 0.3 is 0 Å². The fraction of sp³-hybridized carbons (Fsp3) is 0.923. The summed E-state index contributed by atoms with van der Waals surface area (Å²) in [5.41, 5.74) is 0. The second kappa shape index (κ2) is 4.15. The molecule has 2 nitrogen and oxygen atoms in total. The van der Waals surface area contributed by atoms with Gasteiger partial charge in [0.1, 0.15) is 0 Å². The number of hydrogen-bond acceptors (Lipinski definition) is 1. The lowest BCUT2D eigenvalue weighted by molar-refractivity contribution is -0.134. The molecule has 0 spiro atoms. The Hall–Kier alpha value is -0.530. The fourth-order valence-electron chi connectivity index (χ4n) is 3.42. The van der Waals surface area contributed by atoms with Gasteiger partial charge in [-0.05, 0) is 38.0 Å². The Morgan fingerprint density at radius 1 is 1.40 bits per heavy atom. The minimum atomic E-state index is 0.395. The zero-order valence-electron chi connectivity index (χ0n) is 10.2. The average molecular weight is 209 g/mol. The predicted octanol–water partition coefficient (Wildman–Crippen LogP) is 2.82. The van der Waals surface area contributed by atoms with Crippen LogP contribution in [0.25, 0.3) is 0 Å². The molecule has 2 rings (SSSR count). The first-order chi connectivity index (χ1) is 7.09. The number of nitrogens with zero attached hydrogens (tertiary/aromatic N) is 1. The summed E-state index contributed by atoms with van der Waals surface area (Å²) in [5, 5.41) is 0. The molecule has 0 N–H and O–H groups in total. The summed E-state index contributed by atoms with van der Waals surface area (Å²) < 4.78 is 0. The first-order valence-corrected chi connectivity index (χ1v) is 6.40. The second-order valence-corrected chi connectivity index (χ2v) is 5.74. The van der Waals surface area contributed by atoms with E-state index in [1.807, 2.05) is 0 Å². The highest BCUT2D eigenvalue weighted by molar-refractivity contribution is 5.77. The number of carbonyl (C=O) groups is 1. The molecule has 0 aromatic heterocycles. The molecule has 1 aliphatic heterocycles. The normalized spacial score (nSPS) is 34.9. The molecule has 0 aromatic carbocycles. The Kier molecular flexibility index (Phi) is 3.03. The van der Waals surface area contributed by atoms with Crippen molar-refractivity contribution in [2.45, 2.75) is 65.0 Å². The van der Waals surface area contributed by atoms with E-state index in [0.717, 1.165) is 12.3 Å². The van der Waals surface area contributed by atoms with Crippen molar-refractivity contribution in [2.75, 3.05) is 0 Å². The van der Waals surface area contributed by atoms with Crippen LogP contribution in [0.3, 0.4) is 0 Å². The Morgan fingerprint density at radius 2 is 2.13 bits per heavy atom. The van der Waals surface area contributed by atoms with Crippen LogP contribution >= 0.6 is 0 Å². The summed E-state index contributed by atoms with van der Waals surface area (Å²) in [6.45, 7) is 6.48. The van der Waals surface area contributed by atoms with E-state index < -0.39 is 0 Å². The lowest BCUT2D eigenvalue weighted by Gasteiger charge is -2.28. The number of likely N-dealkylation sites (tertiary alicyclic amines) is 1. The van der Waals surface area contributed by atoms with Crippen LogP contribution in [0, 0.1) is 11.8 Å². The van der Waals surface area contributed by atoms with Crippen molar-refractivity contribution >= 4 is 5.91 Å². The Balaban J connectivity index is 2.03. The summed E-state index contributed by atoms with van der Waals surface area (Å²) in [6, 6.07) is 1.08. The van der Waals surface area contributed by atoms with Gasteiger partial charge in [0.05, 0.1) is 0 Å². The SMILES string of the molecule is CC(C)CC(=O)N1C(C)CC2CCCC21. The lowest BCUT2D eigenvalue weighted by atomic mass is 10.0. The van der Waals surface area contributed by atoms with E-state index in [9.17, 15) is 4.79 Å². The number of hydrogen-bond donors (Lipinski definition) is 0. The predicted molar refractivity (Wildman–Crippen MR) is 61.5 cm³/mol. The van der Waals surface area contributed by atoms with Gasteiger partial charge in [-0.15, -0.1) is 0 Å². The van der Waals surface area contributed by atoms with E-state index in [0.29, 0.717) is 23.9 Å². The first kappa shape index (κ1) is 11.0. The minimum Gasteiger partial charge on any atom is -0.337 e. The quantitative estimate of drug-likeness (QED) is 0.685. The van der Waals surface area contributed by atoms with Gasteiger partial charge < -0.3 is 4.90 Å². The van der Waals surface area contributed by atoms with Crippen LogP contribution in [0.4, 0.5) is 0 Å². The van der Waals surface area contributed by atoms with E-state index in [4.69, 9.17) is 0 Å². The molecule has 1 saturated carbocycles. The van der Waals surface area contributed by atoms with Crippen LogP contribution in [0.2, 0.25) is 0 Å². The van der Waals surface area contributed by atoms with Crippen LogP contribution in [0.1, 0.15) is 52.9 Å². The monoisotopic (exact) mass is 209 g/mol. The van der Waals surface area contributed by atoms with Gasteiger partial charge in [0.25, 0.3) is 0 Å². The molecule has 15 heavy (non-hydrogen) atoms. The van der Waals surface area contributed by atoms with Crippen molar-refractivity contribution in [3.05, 3.63) is 0 Å². The second-order valence-electron chi connectivity index (χ2n) is 5.74. The van der Waals surface area contributed by atoms with Crippen LogP contribution in [0.5, 0.6) is 0 Å². The van der Waals surface area contributed by atoms with Crippen LogP contribution in [0.15, 0.2) is 0 Å². The molecule has 3 unspecified atom stereocenters. The number of amides is 1.